The molecule has 0 aliphatic heterocycles. The summed E-state index contributed by atoms with van der Waals surface area (Å²) >= 11 is 0. The van der Waals surface area contributed by atoms with Gasteiger partial charge in [0, 0.05) is 5.56 Å². The number of benzene rings is 1. The number of nitrogens with two attached hydrogens (primary N) is 1. The van der Waals surface area contributed by atoms with Crippen molar-refractivity contribution in [2.45, 2.75) is 5.51 Å². The second kappa shape index (κ2) is 5.64. The van der Waals surface area contributed by atoms with Gasteiger partial charge in [-0.25, -0.2) is 0 Å². The Bertz CT molecular complexity index is 469. The highest BCUT2D eigenvalue weighted by Gasteiger charge is 2.44. The third-order valence-corrected chi connectivity index (χ3v) is 1.94. The maximum Gasteiger partial charge on any atom is 0.522 e. The summed E-state index contributed by atoms with van der Waals surface area (Å²) in [6.07, 6.45) is 0. The molecule has 0 aliphatic rings. The van der Waals surface area contributed by atoms with Crippen LogP contribution in [0.25, 0.3) is 0 Å². The van der Waals surface area contributed by atoms with Gasteiger partial charge in [0.05, 0.1) is 0 Å². The Morgan fingerprint density at radius 2 is 1.53 bits per heavy atom. The molecule has 0 radical (unpaired) electrons. The number of halogens is 3. The van der Waals surface area contributed by atoms with Crippen molar-refractivity contribution in [3.63, 3.8) is 0 Å². The lowest BCUT2D eigenvalue weighted by molar-refractivity contribution is -0.0510. The highest BCUT2D eigenvalue weighted by Crippen LogP contribution is 2.20. The molecule has 0 spiro atoms. The second-order valence-electron chi connectivity index (χ2n) is 2.65. The highest BCUT2D eigenvalue weighted by atomic mass is 32.2. The van der Waals surface area contributed by atoms with Crippen LogP contribution in [0, 0.1) is 0 Å². The standard InChI is InChI=1S/C7H7NO.CHF3O3S/c8-7(9)6-4-2-1-3-5-6;2-1(3,4)8(5,6)7/h1-5H,(H2,8,9);(H,5,6,7). The monoisotopic (exact) mass is 271 g/mol. The van der Waals surface area contributed by atoms with E-state index >= 15 is 0 Å². The first-order valence-corrected chi connectivity index (χ1v) is 5.38. The van der Waals surface area contributed by atoms with Gasteiger partial charge in [-0.3, -0.25) is 9.35 Å². The van der Waals surface area contributed by atoms with Crippen molar-refractivity contribution in [2.75, 3.05) is 0 Å². The predicted octanol–water partition coefficient (Wildman–Crippen LogP) is 1.18. The molecule has 0 saturated carbocycles. The molecule has 17 heavy (non-hydrogen) atoms. The number of carbonyl (C=O) groups is 1. The van der Waals surface area contributed by atoms with E-state index in [1.807, 2.05) is 6.07 Å². The van der Waals surface area contributed by atoms with Crippen LogP contribution >= 0.6 is 0 Å². The van der Waals surface area contributed by atoms with Crippen molar-refractivity contribution in [2.24, 2.45) is 5.73 Å². The molecule has 0 saturated heterocycles. The van der Waals surface area contributed by atoms with Gasteiger partial charge < -0.3 is 5.73 Å². The molecule has 0 aromatic heterocycles. The number of alkyl halides is 3. The summed E-state index contributed by atoms with van der Waals surface area (Å²) in [6, 6.07) is 8.76. The molecule has 1 aromatic rings. The number of amides is 1. The fourth-order valence-electron chi connectivity index (χ4n) is 0.602. The first-order chi connectivity index (χ1) is 7.55. The molecule has 96 valence electrons. The number of primary amides is 1. The average Bonchev–Trinajstić information content (AvgIpc) is 2.17. The van der Waals surface area contributed by atoms with E-state index in [0.29, 0.717) is 5.56 Å². The summed E-state index contributed by atoms with van der Waals surface area (Å²) < 4.78 is 57.5. The van der Waals surface area contributed by atoms with Crippen molar-refractivity contribution < 1.29 is 30.9 Å². The Hall–Kier alpha value is -1.61. The van der Waals surface area contributed by atoms with Gasteiger partial charge in [0.15, 0.2) is 0 Å². The molecule has 3 N–H and O–H groups in total. The number of carbonyl (C=O) groups excluding carboxylic acids is 1. The zero-order valence-corrected chi connectivity index (χ0v) is 8.99. The molecule has 0 aliphatic carbocycles. The van der Waals surface area contributed by atoms with E-state index in [-0.39, 0.29) is 5.91 Å². The molecule has 0 fully saturated rings. The predicted molar refractivity (Wildman–Crippen MR) is 52.6 cm³/mol. The number of rotatable bonds is 1. The molecule has 1 amide bonds. The Labute approximate surface area is 94.8 Å². The van der Waals surface area contributed by atoms with E-state index in [1.165, 1.54) is 0 Å². The van der Waals surface area contributed by atoms with Crippen molar-refractivity contribution in [1.82, 2.24) is 0 Å². The average molecular weight is 271 g/mol. The molecule has 5 nitrogen and oxygen atoms in total. The summed E-state index contributed by atoms with van der Waals surface area (Å²) in [7, 11) is -5.84. The highest BCUT2D eigenvalue weighted by molar-refractivity contribution is 7.86. The third-order valence-electron chi connectivity index (χ3n) is 1.35. The minimum absolute atomic E-state index is 0.379. The Kier molecular flexibility index (Phi) is 5.10. The minimum Gasteiger partial charge on any atom is -0.366 e. The van der Waals surface area contributed by atoms with Gasteiger partial charge in [0.2, 0.25) is 5.91 Å². The lowest BCUT2D eigenvalue weighted by Gasteiger charge is -1.97. The summed E-state index contributed by atoms with van der Waals surface area (Å²) in [5.74, 6) is -0.379. The van der Waals surface area contributed by atoms with Crippen LogP contribution in [0.2, 0.25) is 0 Å². The van der Waals surface area contributed by atoms with E-state index < -0.39 is 15.6 Å². The Morgan fingerprint density at radius 1 is 1.18 bits per heavy atom. The molecule has 0 heterocycles. The van der Waals surface area contributed by atoms with Crippen LogP contribution in [0.4, 0.5) is 13.2 Å². The SMILES string of the molecule is NC(=O)c1ccccc1.O=S(=O)(O)C(F)(F)F. The van der Waals surface area contributed by atoms with E-state index in [1.54, 1.807) is 24.3 Å². The lowest BCUT2D eigenvalue weighted by Crippen LogP contribution is -2.21. The lowest BCUT2D eigenvalue weighted by atomic mass is 10.2. The number of hydrogen-bond acceptors (Lipinski definition) is 3. The Morgan fingerprint density at radius 3 is 1.71 bits per heavy atom. The molecule has 0 atom stereocenters. The zero-order valence-electron chi connectivity index (χ0n) is 8.18. The van der Waals surface area contributed by atoms with Crippen LogP contribution in [0.5, 0.6) is 0 Å². The summed E-state index contributed by atoms with van der Waals surface area (Å²) in [5.41, 5.74) is -0.00667. The first kappa shape index (κ1) is 15.4. The molecule has 1 rings (SSSR count). The molecule has 9 heteroatoms. The largest absolute Gasteiger partial charge is 0.522 e. The maximum absolute atomic E-state index is 10.7. The summed E-state index contributed by atoms with van der Waals surface area (Å²) in [4.78, 5) is 10.4. The van der Waals surface area contributed by atoms with Crippen LogP contribution in [0.15, 0.2) is 30.3 Å². The third kappa shape index (κ3) is 5.88. The summed E-state index contributed by atoms with van der Waals surface area (Å²) in [6.45, 7) is 0. The van der Waals surface area contributed by atoms with Crippen LogP contribution in [-0.2, 0) is 10.1 Å². The second-order valence-corrected chi connectivity index (χ2v) is 4.06. The minimum atomic E-state index is -5.84. The van der Waals surface area contributed by atoms with Crippen LogP contribution in [0.3, 0.4) is 0 Å². The van der Waals surface area contributed by atoms with Crippen molar-refractivity contribution >= 4 is 16.0 Å². The quantitative estimate of drug-likeness (QED) is 0.592. The molecule has 0 unspecified atom stereocenters. The fourth-order valence-corrected chi connectivity index (χ4v) is 0.602. The van der Waals surface area contributed by atoms with Crippen LogP contribution in [-0.4, -0.2) is 24.4 Å². The van der Waals surface area contributed by atoms with Crippen molar-refractivity contribution in [3.05, 3.63) is 35.9 Å². The van der Waals surface area contributed by atoms with E-state index in [4.69, 9.17) is 18.7 Å². The maximum atomic E-state index is 10.7. The fraction of sp³-hybridized carbons (Fsp3) is 0.125. The normalized spacial score (nSPS) is 11.3. The van der Waals surface area contributed by atoms with E-state index in [9.17, 15) is 18.0 Å². The molecule has 1 aromatic carbocycles. The molecule has 0 bridgehead atoms. The zero-order chi connectivity index (χ0) is 13.7. The van der Waals surface area contributed by atoms with E-state index in [2.05, 4.69) is 0 Å². The van der Waals surface area contributed by atoms with Gasteiger partial charge in [-0.1, -0.05) is 18.2 Å². The van der Waals surface area contributed by atoms with Crippen molar-refractivity contribution in [1.29, 1.82) is 0 Å². The molecular weight excluding hydrogens is 263 g/mol. The topological polar surface area (TPSA) is 97.5 Å². The van der Waals surface area contributed by atoms with Gasteiger partial charge in [-0.15, -0.1) is 0 Å². The molecular formula is C8H8F3NO4S. The smallest absolute Gasteiger partial charge is 0.366 e. The van der Waals surface area contributed by atoms with Crippen LogP contribution in [0.1, 0.15) is 10.4 Å². The van der Waals surface area contributed by atoms with Crippen LogP contribution < -0.4 is 5.73 Å². The van der Waals surface area contributed by atoms with Gasteiger partial charge in [0.1, 0.15) is 0 Å². The van der Waals surface area contributed by atoms with E-state index in [0.717, 1.165) is 0 Å². The summed E-state index contributed by atoms with van der Waals surface area (Å²) in [5, 5.41) is 0. The number of hydrogen-bond donors (Lipinski definition) is 2. The van der Waals surface area contributed by atoms with Gasteiger partial charge >= 0.3 is 15.6 Å². The van der Waals surface area contributed by atoms with Gasteiger partial charge in [-0.2, -0.15) is 21.6 Å². The van der Waals surface area contributed by atoms with Gasteiger partial charge in [0.25, 0.3) is 0 Å². The first-order valence-electron chi connectivity index (χ1n) is 3.94. The van der Waals surface area contributed by atoms with Gasteiger partial charge in [-0.05, 0) is 12.1 Å². The Balaban J connectivity index is 0.000000304. The van der Waals surface area contributed by atoms with Crippen molar-refractivity contribution in [3.8, 4) is 0 Å².